The largest absolute Gasteiger partial charge is 0.337 e. The normalized spacial score (nSPS) is 20.7. The summed E-state index contributed by atoms with van der Waals surface area (Å²) in [6, 6.07) is 8.73. The Morgan fingerprint density at radius 1 is 1.14 bits per heavy atom. The van der Waals surface area contributed by atoms with Crippen molar-refractivity contribution in [2.75, 3.05) is 26.2 Å². The van der Waals surface area contributed by atoms with E-state index >= 15 is 0 Å². The molecule has 3 rings (SSSR count). The molecule has 0 aliphatic carbocycles. The van der Waals surface area contributed by atoms with Crippen LogP contribution in [0.2, 0.25) is 0 Å². The molecule has 2 aliphatic heterocycles. The summed E-state index contributed by atoms with van der Waals surface area (Å²) in [5, 5.41) is 6.16. The number of hydrogen-bond donors (Lipinski definition) is 1. The molecule has 8 nitrogen and oxygen atoms in total. The molecule has 190 valence electrons. The van der Waals surface area contributed by atoms with Crippen LogP contribution in [0.5, 0.6) is 0 Å². The van der Waals surface area contributed by atoms with Crippen LogP contribution in [-0.2, 0) is 16.1 Å². The van der Waals surface area contributed by atoms with Gasteiger partial charge in [0.1, 0.15) is 12.2 Å². The van der Waals surface area contributed by atoms with Crippen LogP contribution in [0.1, 0.15) is 58.4 Å². The number of fused-ring (bicyclic) bond motifs is 1. The van der Waals surface area contributed by atoms with Gasteiger partial charge in [-0.2, -0.15) is 5.01 Å². The van der Waals surface area contributed by atoms with Gasteiger partial charge in [0.15, 0.2) is 0 Å². The number of carbonyl (C=O) groups excluding carboxylic acids is 3. The Morgan fingerprint density at radius 3 is 2.51 bits per heavy atom. The van der Waals surface area contributed by atoms with Crippen LogP contribution >= 0.6 is 0 Å². The molecule has 4 amide bonds. The number of terminal acetylenes is 1. The van der Waals surface area contributed by atoms with E-state index in [-0.39, 0.29) is 43.4 Å². The highest BCUT2D eigenvalue weighted by Crippen LogP contribution is 2.30. The van der Waals surface area contributed by atoms with Crippen LogP contribution < -0.4 is 5.32 Å². The lowest BCUT2D eigenvalue weighted by Crippen LogP contribution is -2.77. The van der Waals surface area contributed by atoms with Gasteiger partial charge in [0.25, 0.3) is 0 Å². The molecule has 2 atom stereocenters. The number of carbonyl (C=O) groups is 3. The molecule has 0 saturated carbocycles. The second-order valence-electron chi connectivity index (χ2n) is 9.68. The van der Waals surface area contributed by atoms with Gasteiger partial charge >= 0.3 is 6.03 Å². The average Bonchev–Trinajstić information content (AvgIpc) is 2.84. The molecule has 2 heterocycles. The van der Waals surface area contributed by atoms with E-state index in [9.17, 15) is 14.4 Å². The fourth-order valence-corrected chi connectivity index (χ4v) is 4.96. The van der Waals surface area contributed by atoms with E-state index < -0.39 is 12.2 Å². The first-order chi connectivity index (χ1) is 16.9. The van der Waals surface area contributed by atoms with Gasteiger partial charge in [0, 0.05) is 13.1 Å². The number of benzene rings is 1. The van der Waals surface area contributed by atoms with E-state index in [2.05, 4.69) is 18.2 Å². The maximum absolute atomic E-state index is 13.5. The van der Waals surface area contributed by atoms with E-state index in [0.717, 1.165) is 31.2 Å². The molecule has 2 saturated heterocycles. The second kappa shape index (κ2) is 12.6. The summed E-state index contributed by atoms with van der Waals surface area (Å²) >= 11 is 0. The Morgan fingerprint density at radius 2 is 1.86 bits per heavy atom. The quantitative estimate of drug-likeness (QED) is 0.412. The number of hydrogen-bond acceptors (Lipinski definition) is 4. The average molecular weight is 482 g/mol. The molecule has 2 fully saturated rings. The summed E-state index contributed by atoms with van der Waals surface area (Å²) in [4.78, 5) is 43.6. The van der Waals surface area contributed by atoms with Gasteiger partial charge in [-0.25, -0.2) is 9.80 Å². The highest BCUT2D eigenvalue weighted by molar-refractivity contribution is 5.91. The third kappa shape index (κ3) is 6.34. The first-order valence-corrected chi connectivity index (χ1v) is 12.8. The maximum atomic E-state index is 13.5. The molecule has 35 heavy (non-hydrogen) atoms. The summed E-state index contributed by atoms with van der Waals surface area (Å²) in [5.41, 5.74) is 0.974. The van der Waals surface area contributed by atoms with Crippen LogP contribution in [-0.4, -0.2) is 76.0 Å². The minimum absolute atomic E-state index is 0.0323. The lowest BCUT2D eigenvalue weighted by atomic mass is 9.96. The van der Waals surface area contributed by atoms with Crippen molar-refractivity contribution >= 4 is 17.8 Å². The maximum Gasteiger partial charge on any atom is 0.334 e. The topological polar surface area (TPSA) is 76.2 Å². The van der Waals surface area contributed by atoms with Crippen LogP contribution in [0.15, 0.2) is 30.3 Å². The Balaban J connectivity index is 1.84. The molecule has 1 aromatic rings. The van der Waals surface area contributed by atoms with Crippen molar-refractivity contribution in [3.05, 3.63) is 35.9 Å². The standard InChI is InChI=1S/C27H39N5O3/c1-5-7-8-9-13-17-29-19-23-31(25(21(3)4)26(29)34)24(33)20-30(16-6-2)32(23)27(35)28-18-22-14-11-10-12-15-22/h2,10-12,14-15,21,23,25H,5,7-9,13,16-20H2,1,3-4H3,(H,28,35)/t23-,25-/m0/s1. The predicted octanol–water partition coefficient (Wildman–Crippen LogP) is 3.05. The van der Waals surface area contributed by atoms with Crippen molar-refractivity contribution in [1.29, 1.82) is 0 Å². The number of rotatable bonds is 10. The monoisotopic (exact) mass is 481 g/mol. The zero-order chi connectivity index (χ0) is 25.4. The highest BCUT2D eigenvalue weighted by Gasteiger charge is 2.51. The predicted molar refractivity (Wildman–Crippen MR) is 136 cm³/mol. The van der Waals surface area contributed by atoms with Crippen molar-refractivity contribution in [2.45, 2.75) is 71.6 Å². The molecule has 0 radical (unpaired) electrons. The Kier molecular flexibility index (Phi) is 9.55. The Labute approximate surface area is 209 Å². The van der Waals surface area contributed by atoms with Crippen molar-refractivity contribution in [3.8, 4) is 12.3 Å². The molecule has 0 bridgehead atoms. The van der Waals surface area contributed by atoms with Gasteiger partial charge in [-0.05, 0) is 17.9 Å². The molecule has 8 heteroatoms. The molecular formula is C27H39N5O3. The van der Waals surface area contributed by atoms with Gasteiger partial charge in [0.05, 0.1) is 19.6 Å². The molecule has 2 aliphatic rings. The Hall–Kier alpha value is -3.05. The SMILES string of the molecule is C#CCN1CC(=O)N2[C@@H](C(C)C)C(=O)N(CCCCCCC)C[C@@H]2N1C(=O)NCc1ccccc1. The summed E-state index contributed by atoms with van der Waals surface area (Å²) in [6.07, 6.45) is 10.5. The van der Waals surface area contributed by atoms with Gasteiger partial charge < -0.3 is 15.1 Å². The van der Waals surface area contributed by atoms with Gasteiger partial charge in [-0.1, -0.05) is 82.7 Å². The minimum Gasteiger partial charge on any atom is -0.337 e. The second-order valence-corrected chi connectivity index (χ2v) is 9.68. The lowest BCUT2D eigenvalue weighted by molar-refractivity contribution is -0.191. The van der Waals surface area contributed by atoms with Crippen LogP contribution in [0, 0.1) is 18.3 Å². The van der Waals surface area contributed by atoms with Crippen molar-refractivity contribution in [2.24, 2.45) is 5.92 Å². The third-order valence-corrected chi connectivity index (χ3v) is 6.69. The summed E-state index contributed by atoms with van der Waals surface area (Å²) < 4.78 is 0. The zero-order valence-electron chi connectivity index (χ0n) is 21.3. The molecule has 0 spiro atoms. The summed E-state index contributed by atoms with van der Waals surface area (Å²) in [7, 11) is 0. The number of hydrazine groups is 1. The summed E-state index contributed by atoms with van der Waals surface area (Å²) in [6.45, 7) is 7.43. The van der Waals surface area contributed by atoms with E-state index in [1.54, 1.807) is 14.9 Å². The van der Waals surface area contributed by atoms with Gasteiger partial charge in [-0.15, -0.1) is 6.42 Å². The molecule has 1 N–H and O–H groups in total. The Bertz CT molecular complexity index is 913. The minimum atomic E-state index is -0.602. The van der Waals surface area contributed by atoms with Crippen LogP contribution in [0.25, 0.3) is 0 Å². The molecule has 1 aromatic carbocycles. The lowest BCUT2D eigenvalue weighted by Gasteiger charge is -2.55. The number of nitrogens with one attached hydrogen (secondary N) is 1. The van der Waals surface area contributed by atoms with Crippen molar-refractivity contribution in [1.82, 2.24) is 25.1 Å². The number of piperazine rings is 1. The third-order valence-electron chi connectivity index (χ3n) is 6.69. The zero-order valence-corrected chi connectivity index (χ0v) is 21.3. The van der Waals surface area contributed by atoms with E-state index in [4.69, 9.17) is 6.42 Å². The molecular weight excluding hydrogens is 442 g/mol. The highest BCUT2D eigenvalue weighted by atomic mass is 16.2. The summed E-state index contributed by atoms with van der Waals surface area (Å²) in [5.74, 6) is 2.29. The first kappa shape index (κ1) is 26.6. The fourth-order valence-electron chi connectivity index (χ4n) is 4.96. The van der Waals surface area contributed by atoms with Crippen molar-refractivity contribution < 1.29 is 14.4 Å². The smallest absolute Gasteiger partial charge is 0.334 e. The first-order valence-electron chi connectivity index (χ1n) is 12.8. The molecule has 0 aromatic heterocycles. The number of urea groups is 1. The van der Waals surface area contributed by atoms with E-state index in [1.165, 1.54) is 6.42 Å². The van der Waals surface area contributed by atoms with E-state index in [1.807, 2.05) is 49.1 Å². The molecule has 0 unspecified atom stereocenters. The fraction of sp³-hybridized carbons (Fsp3) is 0.593. The number of amides is 4. The number of nitrogens with zero attached hydrogens (tertiary/aromatic N) is 4. The van der Waals surface area contributed by atoms with Gasteiger partial charge in [0.2, 0.25) is 11.8 Å². The van der Waals surface area contributed by atoms with Gasteiger partial charge in [-0.3, -0.25) is 9.59 Å². The van der Waals surface area contributed by atoms with Crippen molar-refractivity contribution in [3.63, 3.8) is 0 Å². The van der Waals surface area contributed by atoms with E-state index in [0.29, 0.717) is 13.1 Å². The number of unbranched alkanes of at least 4 members (excludes halogenated alkanes) is 4. The van der Waals surface area contributed by atoms with Crippen LogP contribution in [0.4, 0.5) is 4.79 Å². The van der Waals surface area contributed by atoms with Crippen LogP contribution in [0.3, 0.4) is 0 Å².